The van der Waals surface area contributed by atoms with Gasteiger partial charge >= 0.3 is 6.03 Å². The van der Waals surface area contributed by atoms with Crippen LogP contribution in [0.3, 0.4) is 0 Å². The summed E-state index contributed by atoms with van der Waals surface area (Å²) in [6.07, 6.45) is 1.45. The van der Waals surface area contributed by atoms with E-state index in [2.05, 4.69) is 31.3 Å². The molecular formula is C27H24N2O5. The smallest absolute Gasteiger partial charge is 0.335 e. The molecule has 172 valence electrons. The van der Waals surface area contributed by atoms with Gasteiger partial charge in [-0.2, -0.15) is 0 Å². The molecule has 4 amide bonds. The molecule has 0 atom stereocenters. The molecule has 1 heterocycles. The predicted octanol–water partition coefficient (Wildman–Crippen LogP) is 4.56. The zero-order chi connectivity index (χ0) is 24.2. The van der Waals surface area contributed by atoms with Crippen molar-refractivity contribution >= 4 is 29.6 Å². The summed E-state index contributed by atoms with van der Waals surface area (Å²) in [6, 6.07) is 18.8. The lowest BCUT2D eigenvalue weighted by molar-refractivity contribution is -0.122. The minimum Gasteiger partial charge on any atom is -0.497 e. The molecule has 0 spiro atoms. The Morgan fingerprint density at radius 2 is 1.53 bits per heavy atom. The molecule has 3 aromatic rings. The predicted molar refractivity (Wildman–Crippen MR) is 129 cm³/mol. The third-order valence-corrected chi connectivity index (χ3v) is 5.60. The quantitative estimate of drug-likeness (QED) is 0.434. The van der Waals surface area contributed by atoms with E-state index in [0.717, 1.165) is 10.5 Å². The van der Waals surface area contributed by atoms with Gasteiger partial charge in [-0.3, -0.25) is 14.9 Å². The topological polar surface area (TPSA) is 84.9 Å². The molecule has 0 aromatic heterocycles. The van der Waals surface area contributed by atoms with E-state index in [1.807, 2.05) is 6.07 Å². The highest BCUT2D eigenvalue weighted by Gasteiger charge is 2.36. The van der Waals surface area contributed by atoms with Crippen LogP contribution in [0, 0.1) is 13.8 Å². The Morgan fingerprint density at radius 1 is 0.853 bits per heavy atom. The van der Waals surface area contributed by atoms with Gasteiger partial charge in [0.1, 0.15) is 23.7 Å². The molecule has 0 bridgehead atoms. The number of nitrogens with one attached hydrogen (secondary N) is 1. The van der Waals surface area contributed by atoms with Crippen LogP contribution in [0.1, 0.15) is 22.3 Å². The van der Waals surface area contributed by atoms with Crippen LogP contribution in [-0.4, -0.2) is 25.0 Å². The maximum atomic E-state index is 13.0. The zero-order valence-corrected chi connectivity index (χ0v) is 19.1. The number of aryl methyl sites for hydroxylation is 2. The third kappa shape index (κ3) is 4.83. The van der Waals surface area contributed by atoms with Crippen molar-refractivity contribution in [2.45, 2.75) is 20.5 Å². The van der Waals surface area contributed by atoms with E-state index in [9.17, 15) is 14.4 Å². The Morgan fingerprint density at radius 3 is 2.18 bits per heavy atom. The van der Waals surface area contributed by atoms with Crippen molar-refractivity contribution in [2.24, 2.45) is 0 Å². The second-order valence-electron chi connectivity index (χ2n) is 7.93. The number of ether oxygens (including phenoxy) is 2. The first-order valence-electron chi connectivity index (χ1n) is 10.7. The number of methoxy groups -OCH3 is 1. The Bertz CT molecular complexity index is 1280. The highest BCUT2D eigenvalue weighted by Crippen LogP contribution is 2.25. The van der Waals surface area contributed by atoms with Crippen LogP contribution < -0.4 is 19.7 Å². The van der Waals surface area contributed by atoms with Gasteiger partial charge in [-0.1, -0.05) is 30.3 Å². The molecule has 0 radical (unpaired) electrons. The SMILES string of the molecule is COc1ccc(N2C(=O)NC(=O)/C(=C\c3ccc(OCc4ccc(C)c(C)c4)cc3)C2=O)cc1. The number of hydrogen-bond donors (Lipinski definition) is 1. The number of urea groups is 1. The van der Waals surface area contributed by atoms with Gasteiger partial charge < -0.3 is 9.47 Å². The monoisotopic (exact) mass is 456 g/mol. The Labute approximate surface area is 197 Å². The van der Waals surface area contributed by atoms with Crippen molar-refractivity contribution in [1.82, 2.24) is 5.32 Å². The molecule has 7 nitrogen and oxygen atoms in total. The number of amides is 4. The fourth-order valence-corrected chi connectivity index (χ4v) is 3.51. The van der Waals surface area contributed by atoms with Crippen molar-refractivity contribution in [3.63, 3.8) is 0 Å². The van der Waals surface area contributed by atoms with Crippen molar-refractivity contribution in [1.29, 1.82) is 0 Å². The summed E-state index contributed by atoms with van der Waals surface area (Å²) in [5, 5.41) is 2.22. The number of anilines is 1. The summed E-state index contributed by atoms with van der Waals surface area (Å²) in [4.78, 5) is 38.6. The fourth-order valence-electron chi connectivity index (χ4n) is 3.51. The number of carbonyl (C=O) groups is 3. The number of hydrogen-bond acceptors (Lipinski definition) is 5. The van der Waals surface area contributed by atoms with E-state index >= 15 is 0 Å². The van der Waals surface area contributed by atoms with E-state index in [1.165, 1.54) is 24.3 Å². The van der Waals surface area contributed by atoms with E-state index < -0.39 is 17.8 Å². The highest BCUT2D eigenvalue weighted by molar-refractivity contribution is 6.39. The van der Waals surface area contributed by atoms with Crippen LogP contribution in [0.15, 0.2) is 72.3 Å². The van der Waals surface area contributed by atoms with Gasteiger partial charge in [-0.15, -0.1) is 0 Å². The van der Waals surface area contributed by atoms with E-state index in [0.29, 0.717) is 29.4 Å². The second kappa shape index (κ2) is 9.62. The molecule has 4 rings (SSSR count). The average Bonchev–Trinajstić information content (AvgIpc) is 2.83. The zero-order valence-electron chi connectivity index (χ0n) is 19.1. The maximum absolute atomic E-state index is 13.0. The van der Waals surface area contributed by atoms with Crippen LogP contribution in [0.4, 0.5) is 10.5 Å². The van der Waals surface area contributed by atoms with Gasteiger partial charge in [0.05, 0.1) is 12.8 Å². The van der Waals surface area contributed by atoms with E-state index in [-0.39, 0.29) is 5.57 Å². The lowest BCUT2D eigenvalue weighted by Crippen LogP contribution is -2.54. The van der Waals surface area contributed by atoms with Crippen molar-refractivity contribution in [2.75, 3.05) is 12.0 Å². The highest BCUT2D eigenvalue weighted by atomic mass is 16.5. The average molecular weight is 456 g/mol. The molecule has 7 heteroatoms. The van der Waals surface area contributed by atoms with Gasteiger partial charge in [0.25, 0.3) is 11.8 Å². The first kappa shape index (κ1) is 22.8. The standard InChI is InChI=1S/C27H24N2O5/c1-17-4-5-20(14-18(17)2)16-34-23-10-6-19(7-11-23)15-24-25(30)28-27(32)29(26(24)31)21-8-12-22(33-3)13-9-21/h4-15H,16H2,1-3H3,(H,28,30,32)/b24-15+. The second-order valence-corrected chi connectivity index (χ2v) is 7.93. The number of nitrogens with zero attached hydrogens (tertiary/aromatic N) is 1. The molecule has 1 N–H and O–H groups in total. The number of benzene rings is 3. The Balaban J connectivity index is 1.50. The number of rotatable bonds is 6. The minimum absolute atomic E-state index is 0.140. The summed E-state index contributed by atoms with van der Waals surface area (Å²) in [5.41, 5.74) is 4.33. The van der Waals surface area contributed by atoms with Crippen LogP contribution in [0.2, 0.25) is 0 Å². The first-order valence-corrected chi connectivity index (χ1v) is 10.7. The normalized spacial score (nSPS) is 14.9. The van der Waals surface area contributed by atoms with Crippen molar-refractivity contribution in [3.05, 3.63) is 94.6 Å². The fraction of sp³-hybridized carbons (Fsp3) is 0.148. The first-order chi connectivity index (χ1) is 16.4. The molecule has 3 aromatic carbocycles. The Kier molecular flexibility index (Phi) is 6.45. The molecular weight excluding hydrogens is 432 g/mol. The number of barbiturate groups is 1. The van der Waals surface area contributed by atoms with E-state index in [1.54, 1.807) is 48.5 Å². The summed E-state index contributed by atoms with van der Waals surface area (Å²) >= 11 is 0. The van der Waals surface area contributed by atoms with Crippen LogP contribution >= 0.6 is 0 Å². The minimum atomic E-state index is -0.799. The largest absolute Gasteiger partial charge is 0.497 e. The van der Waals surface area contributed by atoms with Crippen LogP contribution in [0.5, 0.6) is 11.5 Å². The Hall–Kier alpha value is -4.39. The molecule has 1 saturated heterocycles. The third-order valence-electron chi connectivity index (χ3n) is 5.60. The molecule has 1 aliphatic heterocycles. The summed E-state index contributed by atoms with van der Waals surface area (Å²) in [5.74, 6) is -0.195. The number of carbonyl (C=O) groups excluding carboxylic acids is 3. The lowest BCUT2D eigenvalue weighted by Gasteiger charge is -2.26. The summed E-state index contributed by atoms with van der Waals surface area (Å²) < 4.78 is 11.0. The number of imide groups is 2. The molecule has 34 heavy (non-hydrogen) atoms. The summed E-state index contributed by atoms with van der Waals surface area (Å²) in [7, 11) is 1.52. The van der Waals surface area contributed by atoms with Crippen molar-refractivity contribution in [3.8, 4) is 11.5 Å². The molecule has 1 aliphatic rings. The van der Waals surface area contributed by atoms with Gasteiger partial charge in [-0.05, 0) is 78.6 Å². The van der Waals surface area contributed by atoms with Gasteiger partial charge in [0, 0.05) is 0 Å². The van der Waals surface area contributed by atoms with Gasteiger partial charge in [0.2, 0.25) is 0 Å². The molecule has 1 fully saturated rings. The maximum Gasteiger partial charge on any atom is 0.335 e. The molecule has 0 unspecified atom stereocenters. The van der Waals surface area contributed by atoms with Crippen LogP contribution in [0.25, 0.3) is 6.08 Å². The van der Waals surface area contributed by atoms with E-state index in [4.69, 9.17) is 9.47 Å². The molecule has 0 aliphatic carbocycles. The summed E-state index contributed by atoms with van der Waals surface area (Å²) in [6.45, 7) is 4.56. The van der Waals surface area contributed by atoms with Crippen LogP contribution in [-0.2, 0) is 16.2 Å². The van der Waals surface area contributed by atoms with Gasteiger partial charge in [-0.25, -0.2) is 9.69 Å². The molecule has 0 saturated carbocycles. The van der Waals surface area contributed by atoms with Crippen molar-refractivity contribution < 1.29 is 23.9 Å². The lowest BCUT2D eigenvalue weighted by atomic mass is 10.1. The van der Waals surface area contributed by atoms with Gasteiger partial charge in [0.15, 0.2) is 0 Å².